The van der Waals surface area contributed by atoms with Crippen LogP contribution in [0.1, 0.15) is 28.6 Å². The maximum atomic E-state index is 12.2. The monoisotopic (exact) mass is 399 g/mol. The van der Waals surface area contributed by atoms with E-state index in [0.29, 0.717) is 22.5 Å². The molecule has 0 radical (unpaired) electrons. The predicted molar refractivity (Wildman–Crippen MR) is 95.4 cm³/mol. The lowest BCUT2D eigenvalue weighted by molar-refractivity contribution is 0.0488. The highest BCUT2D eigenvalue weighted by molar-refractivity contribution is 9.10. The summed E-state index contributed by atoms with van der Waals surface area (Å²) in [7, 11) is 0. The molecule has 0 atom stereocenters. The molecule has 5 nitrogen and oxygen atoms in total. The van der Waals surface area contributed by atoms with Crippen LogP contribution in [0.3, 0.4) is 0 Å². The number of carbonyl (C=O) groups excluding carboxylic acids is 1. The number of rotatable bonds is 5. The molecule has 2 aromatic carbocycles. The summed E-state index contributed by atoms with van der Waals surface area (Å²) in [5, 5.41) is 9.92. The largest absolute Gasteiger partial charge is 0.487 e. The lowest BCUT2D eigenvalue weighted by atomic mass is 10.1. The molecule has 0 aliphatic carbocycles. The molecule has 0 saturated heterocycles. The Morgan fingerprint density at radius 2 is 2.08 bits per heavy atom. The quantitative estimate of drug-likeness (QED) is 0.574. The van der Waals surface area contributed by atoms with Crippen LogP contribution < -0.4 is 4.74 Å². The third-order valence-corrected chi connectivity index (χ3v) is 4.09. The van der Waals surface area contributed by atoms with Crippen LogP contribution in [-0.2, 0) is 11.3 Å². The van der Waals surface area contributed by atoms with Crippen LogP contribution in [-0.4, -0.2) is 12.6 Å². The van der Waals surface area contributed by atoms with Crippen molar-refractivity contribution in [2.75, 3.05) is 6.61 Å². The van der Waals surface area contributed by atoms with Crippen LogP contribution in [0.25, 0.3) is 11.0 Å². The smallest absolute Gasteiger partial charge is 0.374 e. The molecule has 0 aliphatic heterocycles. The Kier molecular flexibility index (Phi) is 5.05. The lowest BCUT2D eigenvalue weighted by Crippen LogP contribution is -2.08. The fourth-order valence-corrected chi connectivity index (χ4v) is 2.82. The maximum absolute atomic E-state index is 12.2. The van der Waals surface area contributed by atoms with E-state index in [-0.39, 0.29) is 19.0 Å². The molecule has 0 fully saturated rings. The Morgan fingerprint density at radius 1 is 1.28 bits per heavy atom. The summed E-state index contributed by atoms with van der Waals surface area (Å²) in [5.74, 6) is 0.0236. The van der Waals surface area contributed by atoms with Crippen molar-refractivity contribution in [3.05, 3.63) is 63.8 Å². The van der Waals surface area contributed by atoms with Gasteiger partial charge in [0.25, 0.3) is 0 Å². The van der Waals surface area contributed by atoms with E-state index >= 15 is 0 Å². The van der Waals surface area contributed by atoms with Crippen molar-refractivity contribution in [3.63, 3.8) is 0 Å². The van der Waals surface area contributed by atoms with Gasteiger partial charge >= 0.3 is 5.97 Å². The van der Waals surface area contributed by atoms with Gasteiger partial charge in [-0.05, 0) is 37.3 Å². The van der Waals surface area contributed by atoms with E-state index in [9.17, 15) is 4.79 Å². The van der Waals surface area contributed by atoms with E-state index in [1.54, 1.807) is 37.3 Å². The molecule has 0 unspecified atom stereocenters. The summed E-state index contributed by atoms with van der Waals surface area (Å²) in [6, 6.07) is 14.5. The molecule has 6 heteroatoms. The molecule has 3 aromatic rings. The van der Waals surface area contributed by atoms with Crippen LogP contribution in [0.15, 0.2) is 51.4 Å². The zero-order valence-electron chi connectivity index (χ0n) is 13.4. The topological polar surface area (TPSA) is 72.5 Å². The van der Waals surface area contributed by atoms with E-state index in [4.69, 9.17) is 19.2 Å². The van der Waals surface area contributed by atoms with E-state index in [2.05, 4.69) is 22.0 Å². The Morgan fingerprint density at radius 3 is 2.84 bits per heavy atom. The third-order valence-electron chi connectivity index (χ3n) is 3.59. The minimum absolute atomic E-state index is 0.0797. The predicted octanol–water partition coefficient (Wildman–Crippen LogP) is 4.82. The zero-order valence-corrected chi connectivity index (χ0v) is 15.0. The molecule has 1 heterocycles. The van der Waals surface area contributed by atoms with Gasteiger partial charge in [-0.1, -0.05) is 28.1 Å². The maximum Gasteiger partial charge on any atom is 0.374 e. The Hall–Kier alpha value is -2.78. The van der Waals surface area contributed by atoms with E-state index < -0.39 is 5.97 Å². The fourth-order valence-electron chi connectivity index (χ4n) is 2.46. The first-order valence-electron chi connectivity index (χ1n) is 7.64. The number of furan rings is 1. The van der Waals surface area contributed by atoms with Gasteiger partial charge < -0.3 is 13.9 Å². The Labute approximate surface area is 152 Å². The number of halogens is 1. The first kappa shape index (κ1) is 17.1. The molecule has 126 valence electrons. The third kappa shape index (κ3) is 3.52. The number of nitriles is 1. The molecule has 0 N–H and O–H groups in total. The Balaban J connectivity index is 2.01. The number of nitrogens with zero attached hydrogens (tertiary/aromatic N) is 1. The SMILES string of the molecule is CCOC(=O)c1oc2ccc(Br)cc2c1COc1ccccc1C#N. The number of hydrogen-bond donors (Lipinski definition) is 0. The highest BCUT2D eigenvalue weighted by atomic mass is 79.9. The molecule has 3 rings (SSSR count). The van der Waals surface area contributed by atoms with Gasteiger partial charge in [0, 0.05) is 9.86 Å². The van der Waals surface area contributed by atoms with Gasteiger partial charge in [0.05, 0.1) is 17.7 Å². The molecule has 0 bridgehead atoms. The number of esters is 1. The van der Waals surface area contributed by atoms with Crippen LogP contribution >= 0.6 is 15.9 Å². The van der Waals surface area contributed by atoms with Gasteiger partial charge in [-0.15, -0.1) is 0 Å². The van der Waals surface area contributed by atoms with E-state index in [1.165, 1.54) is 0 Å². The molecule has 1 aromatic heterocycles. The van der Waals surface area contributed by atoms with Gasteiger partial charge in [0.2, 0.25) is 5.76 Å². The van der Waals surface area contributed by atoms with Crippen molar-refractivity contribution in [2.45, 2.75) is 13.5 Å². The van der Waals surface area contributed by atoms with Gasteiger partial charge in [0.1, 0.15) is 24.0 Å². The average molecular weight is 400 g/mol. The standard InChI is InChI=1S/C19H14BrNO4/c1-2-23-19(22)18-15(14-9-13(20)7-8-17(14)25-18)11-24-16-6-4-3-5-12(16)10-21/h3-9H,2,11H2,1H3. The van der Waals surface area contributed by atoms with Crippen LogP contribution in [0, 0.1) is 11.3 Å². The molecular formula is C19H14BrNO4. The number of benzene rings is 2. The summed E-state index contributed by atoms with van der Waals surface area (Å²) in [5.41, 5.74) is 1.58. The van der Waals surface area contributed by atoms with Crippen molar-refractivity contribution >= 4 is 32.9 Å². The van der Waals surface area contributed by atoms with Crippen LogP contribution in [0.5, 0.6) is 5.75 Å². The number of ether oxygens (including phenoxy) is 2. The van der Waals surface area contributed by atoms with Crippen molar-refractivity contribution in [2.24, 2.45) is 0 Å². The highest BCUT2D eigenvalue weighted by Gasteiger charge is 2.22. The van der Waals surface area contributed by atoms with Crippen LogP contribution in [0.2, 0.25) is 0 Å². The molecule has 0 spiro atoms. The second-order valence-electron chi connectivity index (χ2n) is 5.17. The van der Waals surface area contributed by atoms with Crippen molar-refractivity contribution in [3.8, 4) is 11.8 Å². The lowest BCUT2D eigenvalue weighted by Gasteiger charge is -2.08. The van der Waals surface area contributed by atoms with Gasteiger partial charge in [0.15, 0.2) is 0 Å². The second kappa shape index (κ2) is 7.41. The number of hydrogen-bond acceptors (Lipinski definition) is 5. The van der Waals surface area contributed by atoms with Gasteiger partial charge in [-0.3, -0.25) is 0 Å². The van der Waals surface area contributed by atoms with Gasteiger partial charge in [-0.25, -0.2) is 4.79 Å². The summed E-state index contributed by atoms with van der Waals surface area (Å²) in [6.07, 6.45) is 0. The molecule has 0 amide bonds. The zero-order chi connectivity index (χ0) is 17.8. The summed E-state index contributed by atoms with van der Waals surface area (Å²) < 4.78 is 17.4. The number of carbonyl (C=O) groups is 1. The Bertz CT molecular complexity index is 971. The first-order valence-corrected chi connectivity index (χ1v) is 8.43. The van der Waals surface area contributed by atoms with Crippen molar-refractivity contribution < 1.29 is 18.7 Å². The van der Waals surface area contributed by atoms with Crippen molar-refractivity contribution in [1.29, 1.82) is 5.26 Å². The molecule has 0 aliphatic rings. The minimum Gasteiger partial charge on any atom is -0.487 e. The average Bonchev–Trinajstić information content (AvgIpc) is 2.98. The summed E-state index contributed by atoms with van der Waals surface area (Å²) >= 11 is 3.42. The number of fused-ring (bicyclic) bond motifs is 1. The van der Waals surface area contributed by atoms with E-state index in [0.717, 1.165) is 9.86 Å². The molecule has 0 saturated carbocycles. The second-order valence-corrected chi connectivity index (χ2v) is 6.08. The fraction of sp³-hybridized carbons (Fsp3) is 0.158. The van der Waals surface area contributed by atoms with Gasteiger partial charge in [-0.2, -0.15) is 5.26 Å². The summed E-state index contributed by atoms with van der Waals surface area (Å²) in [6.45, 7) is 2.06. The minimum atomic E-state index is -0.540. The van der Waals surface area contributed by atoms with E-state index in [1.807, 2.05) is 12.1 Å². The first-order chi connectivity index (χ1) is 12.1. The number of para-hydroxylation sites is 1. The molecule has 25 heavy (non-hydrogen) atoms. The highest BCUT2D eigenvalue weighted by Crippen LogP contribution is 2.30. The van der Waals surface area contributed by atoms with Crippen LogP contribution in [0.4, 0.5) is 0 Å². The summed E-state index contributed by atoms with van der Waals surface area (Å²) in [4.78, 5) is 12.2. The van der Waals surface area contributed by atoms with Crippen molar-refractivity contribution in [1.82, 2.24) is 0 Å². The normalized spacial score (nSPS) is 10.4. The molecular weight excluding hydrogens is 386 g/mol.